The molecule has 0 saturated carbocycles. The quantitative estimate of drug-likeness (QED) is 0.647. The number of hydrogen-bond acceptors (Lipinski definition) is 1. The van der Waals surface area contributed by atoms with Crippen LogP contribution in [-0.4, -0.2) is 5.91 Å². The Morgan fingerprint density at radius 2 is 1.55 bits per heavy atom. The fourth-order valence-corrected chi connectivity index (χ4v) is 2.89. The minimum Gasteiger partial charge on any atom is -0.304 e. The zero-order chi connectivity index (χ0) is 13.5. The van der Waals surface area contributed by atoms with Gasteiger partial charge in [-0.2, -0.15) is 0 Å². The second-order valence-corrected chi connectivity index (χ2v) is 5.05. The molecule has 0 spiro atoms. The lowest BCUT2D eigenvalue weighted by molar-refractivity contribution is 0.0998. The van der Waals surface area contributed by atoms with E-state index in [-0.39, 0.29) is 5.91 Å². The van der Waals surface area contributed by atoms with Gasteiger partial charge in [0.25, 0.3) is 5.91 Å². The van der Waals surface area contributed by atoms with Gasteiger partial charge in [0.05, 0.1) is 12.1 Å². The number of amides is 1. The van der Waals surface area contributed by atoms with Crippen LogP contribution in [0, 0.1) is 0 Å². The summed E-state index contributed by atoms with van der Waals surface area (Å²) in [6.07, 6.45) is 0. The highest BCUT2D eigenvalue weighted by Crippen LogP contribution is 2.32. The van der Waals surface area contributed by atoms with Gasteiger partial charge in [0.15, 0.2) is 0 Å². The van der Waals surface area contributed by atoms with Crippen LogP contribution >= 0.6 is 0 Å². The number of rotatable bonds is 1. The molecular weight excluding hydrogens is 246 g/mol. The first-order valence-corrected chi connectivity index (χ1v) is 6.72. The molecule has 0 fully saturated rings. The molecular formula is C18H13NO. The molecule has 1 aliphatic heterocycles. The molecule has 2 nitrogen and oxygen atoms in total. The van der Waals surface area contributed by atoms with Gasteiger partial charge in [-0.25, -0.2) is 0 Å². The highest BCUT2D eigenvalue weighted by Gasteiger charge is 2.29. The summed E-state index contributed by atoms with van der Waals surface area (Å²) in [7, 11) is 0. The summed E-state index contributed by atoms with van der Waals surface area (Å²) in [6, 6.07) is 22.1. The molecule has 0 atom stereocenters. The van der Waals surface area contributed by atoms with Crippen LogP contribution in [0.4, 0.5) is 5.69 Å². The van der Waals surface area contributed by atoms with Gasteiger partial charge in [-0.3, -0.25) is 4.79 Å². The van der Waals surface area contributed by atoms with E-state index in [0.717, 1.165) is 27.6 Å². The molecule has 2 heteroatoms. The molecule has 0 unspecified atom stereocenters. The lowest BCUT2D eigenvalue weighted by Gasteiger charge is -2.15. The predicted molar refractivity (Wildman–Crippen MR) is 80.9 cm³/mol. The molecule has 1 amide bonds. The van der Waals surface area contributed by atoms with Gasteiger partial charge in [-0.05, 0) is 28.5 Å². The van der Waals surface area contributed by atoms with E-state index in [2.05, 4.69) is 12.1 Å². The third-order valence-electron chi connectivity index (χ3n) is 3.87. The first kappa shape index (κ1) is 11.2. The number of fused-ring (bicyclic) bond motifs is 3. The predicted octanol–water partition coefficient (Wildman–Crippen LogP) is 4.00. The third-order valence-corrected chi connectivity index (χ3v) is 3.87. The Balaban J connectivity index is 1.89. The molecule has 1 aliphatic rings. The van der Waals surface area contributed by atoms with Crippen LogP contribution in [-0.2, 0) is 6.54 Å². The Morgan fingerprint density at radius 1 is 0.800 bits per heavy atom. The molecule has 0 aliphatic carbocycles. The van der Waals surface area contributed by atoms with Gasteiger partial charge in [-0.15, -0.1) is 0 Å². The Kier molecular flexibility index (Phi) is 2.36. The number of para-hydroxylation sites is 1. The monoisotopic (exact) mass is 259 g/mol. The third kappa shape index (κ3) is 1.55. The summed E-state index contributed by atoms with van der Waals surface area (Å²) in [5, 5.41) is 2.17. The van der Waals surface area contributed by atoms with Gasteiger partial charge < -0.3 is 4.90 Å². The van der Waals surface area contributed by atoms with Crippen molar-refractivity contribution in [2.75, 3.05) is 4.90 Å². The Morgan fingerprint density at radius 3 is 2.40 bits per heavy atom. The van der Waals surface area contributed by atoms with Crippen molar-refractivity contribution in [3.63, 3.8) is 0 Å². The number of carbonyl (C=O) groups excluding carboxylic acids is 1. The maximum atomic E-state index is 12.7. The van der Waals surface area contributed by atoms with E-state index >= 15 is 0 Å². The van der Waals surface area contributed by atoms with Gasteiger partial charge in [0.1, 0.15) is 0 Å². The summed E-state index contributed by atoms with van der Waals surface area (Å²) in [5.74, 6) is 0.100. The van der Waals surface area contributed by atoms with Gasteiger partial charge in [0, 0.05) is 5.69 Å². The molecule has 4 rings (SSSR count). The highest BCUT2D eigenvalue weighted by molar-refractivity contribution is 6.17. The second kappa shape index (κ2) is 4.20. The molecule has 0 bridgehead atoms. The van der Waals surface area contributed by atoms with Crippen LogP contribution in [0.15, 0.2) is 66.7 Å². The van der Waals surface area contributed by atoms with E-state index in [4.69, 9.17) is 0 Å². The van der Waals surface area contributed by atoms with Crippen LogP contribution < -0.4 is 4.90 Å². The van der Waals surface area contributed by atoms with Crippen molar-refractivity contribution in [2.45, 2.75) is 6.54 Å². The van der Waals surface area contributed by atoms with E-state index in [1.54, 1.807) is 0 Å². The Bertz CT molecular complexity index is 808. The number of nitrogens with zero attached hydrogens (tertiary/aromatic N) is 1. The van der Waals surface area contributed by atoms with Crippen LogP contribution in [0.2, 0.25) is 0 Å². The van der Waals surface area contributed by atoms with Gasteiger partial charge >= 0.3 is 0 Å². The van der Waals surface area contributed by atoms with Crippen molar-refractivity contribution in [2.24, 2.45) is 0 Å². The Hall–Kier alpha value is -2.61. The summed E-state index contributed by atoms with van der Waals surface area (Å²) in [4.78, 5) is 14.6. The zero-order valence-corrected chi connectivity index (χ0v) is 10.9. The van der Waals surface area contributed by atoms with Crippen LogP contribution in [0.3, 0.4) is 0 Å². The van der Waals surface area contributed by atoms with E-state index in [1.165, 1.54) is 0 Å². The first-order valence-electron chi connectivity index (χ1n) is 6.72. The maximum absolute atomic E-state index is 12.7. The van der Waals surface area contributed by atoms with E-state index in [9.17, 15) is 4.79 Å². The number of anilines is 1. The normalized spacial score (nSPS) is 13.8. The summed E-state index contributed by atoms with van der Waals surface area (Å²) < 4.78 is 0. The van der Waals surface area contributed by atoms with Crippen molar-refractivity contribution < 1.29 is 4.79 Å². The molecule has 96 valence electrons. The van der Waals surface area contributed by atoms with Crippen molar-refractivity contribution in [1.29, 1.82) is 0 Å². The smallest absolute Gasteiger partial charge is 0.259 e. The lowest BCUT2D eigenvalue weighted by Crippen LogP contribution is -2.22. The average Bonchev–Trinajstić information content (AvgIpc) is 2.86. The average molecular weight is 259 g/mol. The molecule has 0 radical (unpaired) electrons. The molecule has 0 N–H and O–H groups in total. The van der Waals surface area contributed by atoms with Crippen LogP contribution in [0.25, 0.3) is 10.8 Å². The SMILES string of the molecule is O=C1c2c(ccc3ccccc23)CN1c1ccccc1. The van der Waals surface area contributed by atoms with Crippen molar-refractivity contribution in [1.82, 2.24) is 0 Å². The topological polar surface area (TPSA) is 20.3 Å². The summed E-state index contributed by atoms with van der Waals surface area (Å²) in [5.41, 5.74) is 2.92. The first-order chi connectivity index (χ1) is 9.84. The molecule has 0 saturated heterocycles. The minimum atomic E-state index is 0.100. The van der Waals surface area contributed by atoms with Crippen molar-refractivity contribution >= 4 is 22.4 Å². The summed E-state index contributed by atoms with van der Waals surface area (Å²) >= 11 is 0. The fraction of sp³-hybridized carbons (Fsp3) is 0.0556. The number of carbonyl (C=O) groups is 1. The minimum absolute atomic E-state index is 0.100. The van der Waals surface area contributed by atoms with Crippen molar-refractivity contribution in [3.8, 4) is 0 Å². The Labute approximate surface area is 117 Å². The van der Waals surface area contributed by atoms with E-state index < -0.39 is 0 Å². The van der Waals surface area contributed by atoms with Crippen LogP contribution in [0.5, 0.6) is 0 Å². The van der Waals surface area contributed by atoms with Crippen LogP contribution in [0.1, 0.15) is 15.9 Å². The molecule has 0 aromatic heterocycles. The van der Waals surface area contributed by atoms with E-state index in [0.29, 0.717) is 6.54 Å². The zero-order valence-electron chi connectivity index (χ0n) is 10.9. The second-order valence-electron chi connectivity index (χ2n) is 5.05. The largest absolute Gasteiger partial charge is 0.304 e. The van der Waals surface area contributed by atoms with Gasteiger partial charge in [-0.1, -0.05) is 54.6 Å². The molecule has 3 aromatic carbocycles. The van der Waals surface area contributed by atoms with E-state index in [1.807, 2.05) is 59.5 Å². The van der Waals surface area contributed by atoms with Gasteiger partial charge in [0.2, 0.25) is 0 Å². The highest BCUT2D eigenvalue weighted by atomic mass is 16.2. The molecule has 20 heavy (non-hydrogen) atoms. The summed E-state index contributed by atoms with van der Waals surface area (Å²) in [6.45, 7) is 0.656. The maximum Gasteiger partial charge on any atom is 0.259 e. The molecule has 3 aromatic rings. The van der Waals surface area contributed by atoms with Crippen molar-refractivity contribution in [3.05, 3.63) is 77.9 Å². The number of benzene rings is 3. The fourth-order valence-electron chi connectivity index (χ4n) is 2.89. The standard InChI is InChI=1S/C18H13NO/c20-18-17-14(11-10-13-6-4-5-9-16(13)17)12-19(18)15-7-2-1-3-8-15/h1-11H,12H2. The number of hydrogen-bond donors (Lipinski definition) is 0. The molecule has 1 heterocycles. The lowest BCUT2D eigenvalue weighted by atomic mass is 10.0.